The molecule has 0 fully saturated rings. The smallest absolute Gasteiger partial charge is 0.258 e. The Kier molecular flexibility index (Phi) is 6.05. The van der Waals surface area contributed by atoms with Gasteiger partial charge in [-0.3, -0.25) is 9.59 Å². The second-order valence-electron chi connectivity index (χ2n) is 5.71. The van der Waals surface area contributed by atoms with Gasteiger partial charge >= 0.3 is 0 Å². The fraction of sp³-hybridized carbons (Fsp3) is 0.167. The lowest BCUT2D eigenvalue weighted by Gasteiger charge is -2.23. The van der Waals surface area contributed by atoms with E-state index in [1.165, 1.54) is 49.4 Å². The SMILES string of the molecule is CC(=O)c1cccc(N(CCS(N)(=O)=O)C(=O)c2ccc(C#N)cc2)c1F. The van der Waals surface area contributed by atoms with Crippen LogP contribution in [0.2, 0.25) is 0 Å². The molecule has 2 aromatic carbocycles. The summed E-state index contributed by atoms with van der Waals surface area (Å²) in [5.41, 5.74) is -0.00937. The zero-order valence-corrected chi connectivity index (χ0v) is 15.2. The second kappa shape index (κ2) is 8.07. The monoisotopic (exact) mass is 389 g/mol. The van der Waals surface area contributed by atoms with Crippen molar-refractivity contribution < 1.29 is 22.4 Å². The van der Waals surface area contributed by atoms with Crippen molar-refractivity contribution in [3.8, 4) is 6.07 Å². The normalized spacial score (nSPS) is 10.9. The minimum Gasteiger partial charge on any atom is -0.304 e. The van der Waals surface area contributed by atoms with Crippen molar-refractivity contribution in [1.82, 2.24) is 0 Å². The summed E-state index contributed by atoms with van der Waals surface area (Å²) in [6.45, 7) is 0.773. The number of anilines is 1. The number of carbonyl (C=O) groups is 2. The van der Waals surface area contributed by atoms with E-state index in [1.807, 2.05) is 6.07 Å². The molecule has 0 saturated carbocycles. The number of Topliss-reactive ketones (excluding diaryl/α,β-unsaturated/α-hetero) is 1. The van der Waals surface area contributed by atoms with Crippen LogP contribution in [-0.4, -0.2) is 32.4 Å². The van der Waals surface area contributed by atoms with Crippen molar-refractivity contribution in [3.05, 3.63) is 65.0 Å². The summed E-state index contributed by atoms with van der Waals surface area (Å²) in [5.74, 6) is -2.76. The van der Waals surface area contributed by atoms with E-state index in [0.717, 1.165) is 4.90 Å². The number of hydrogen-bond donors (Lipinski definition) is 1. The molecular weight excluding hydrogens is 373 g/mol. The molecule has 0 unspecified atom stereocenters. The number of nitrogens with two attached hydrogens (primary N) is 1. The standard InChI is InChI=1S/C18H16FN3O4S/c1-12(23)15-3-2-4-16(17(15)19)22(9-10-27(21,25)26)18(24)14-7-5-13(11-20)6-8-14/h2-8H,9-10H2,1H3,(H2,21,25,26). The van der Waals surface area contributed by atoms with Gasteiger partial charge in [0.25, 0.3) is 5.91 Å². The highest BCUT2D eigenvalue weighted by Gasteiger charge is 2.24. The number of rotatable bonds is 6. The lowest BCUT2D eigenvalue weighted by atomic mass is 10.1. The van der Waals surface area contributed by atoms with Gasteiger partial charge in [0.2, 0.25) is 10.0 Å². The van der Waals surface area contributed by atoms with Crippen molar-refractivity contribution in [2.45, 2.75) is 6.92 Å². The largest absolute Gasteiger partial charge is 0.304 e. The van der Waals surface area contributed by atoms with E-state index in [-0.39, 0.29) is 16.8 Å². The molecular formula is C18H16FN3O4S. The van der Waals surface area contributed by atoms with Crippen LogP contribution in [0.25, 0.3) is 0 Å². The maximum Gasteiger partial charge on any atom is 0.258 e. The number of carbonyl (C=O) groups excluding carboxylic acids is 2. The van der Waals surface area contributed by atoms with Crippen molar-refractivity contribution in [2.75, 3.05) is 17.2 Å². The minimum atomic E-state index is -3.92. The van der Waals surface area contributed by atoms with Crippen LogP contribution in [-0.2, 0) is 10.0 Å². The highest BCUT2D eigenvalue weighted by molar-refractivity contribution is 7.89. The summed E-state index contributed by atoms with van der Waals surface area (Å²) >= 11 is 0. The predicted molar refractivity (Wildman–Crippen MR) is 97.2 cm³/mol. The molecule has 0 aliphatic carbocycles. The molecule has 0 aliphatic heterocycles. The Balaban J connectivity index is 2.51. The molecule has 0 bridgehead atoms. The lowest BCUT2D eigenvalue weighted by molar-refractivity contribution is 0.0981. The molecule has 140 valence electrons. The highest BCUT2D eigenvalue weighted by atomic mass is 32.2. The summed E-state index contributed by atoms with van der Waals surface area (Å²) in [5, 5.41) is 13.8. The summed E-state index contributed by atoms with van der Waals surface area (Å²) < 4.78 is 37.4. The third-order valence-corrected chi connectivity index (χ3v) is 4.51. The number of hydrogen-bond acceptors (Lipinski definition) is 5. The third-order valence-electron chi connectivity index (χ3n) is 3.75. The van der Waals surface area contributed by atoms with Crippen LogP contribution in [0.15, 0.2) is 42.5 Å². The first kappa shape index (κ1) is 20.2. The van der Waals surface area contributed by atoms with Gasteiger partial charge in [0, 0.05) is 12.1 Å². The topological polar surface area (TPSA) is 121 Å². The van der Waals surface area contributed by atoms with Gasteiger partial charge in [-0.1, -0.05) is 6.07 Å². The Morgan fingerprint density at radius 3 is 2.33 bits per heavy atom. The number of ketones is 1. The van der Waals surface area contributed by atoms with E-state index in [9.17, 15) is 22.4 Å². The Morgan fingerprint density at radius 2 is 1.81 bits per heavy atom. The molecule has 2 aromatic rings. The Morgan fingerprint density at radius 1 is 1.19 bits per heavy atom. The van der Waals surface area contributed by atoms with Crippen molar-refractivity contribution in [3.63, 3.8) is 0 Å². The first-order chi connectivity index (χ1) is 12.6. The molecule has 9 heteroatoms. The Labute approximate surface area is 155 Å². The molecule has 2 rings (SSSR count). The van der Waals surface area contributed by atoms with Crippen LogP contribution in [0.3, 0.4) is 0 Å². The van der Waals surface area contributed by atoms with E-state index in [2.05, 4.69) is 0 Å². The Hall–Kier alpha value is -3.09. The van der Waals surface area contributed by atoms with Gasteiger partial charge in [-0.05, 0) is 43.3 Å². The lowest BCUT2D eigenvalue weighted by Crippen LogP contribution is -2.37. The molecule has 0 aromatic heterocycles. The van der Waals surface area contributed by atoms with Gasteiger partial charge in [0.15, 0.2) is 11.6 Å². The first-order valence-corrected chi connectivity index (χ1v) is 9.47. The number of benzene rings is 2. The van der Waals surface area contributed by atoms with Gasteiger partial charge in [-0.25, -0.2) is 17.9 Å². The van der Waals surface area contributed by atoms with E-state index in [0.29, 0.717) is 5.56 Å². The van der Waals surface area contributed by atoms with Crippen LogP contribution < -0.4 is 10.0 Å². The third kappa shape index (κ3) is 4.97. The fourth-order valence-corrected chi connectivity index (χ4v) is 2.83. The van der Waals surface area contributed by atoms with E-state index >= 15 is 0 Å². The van der Waals surface area contributed by atoms with Crippen molar-refractivity contribution in [2.24, 2.45) is 5.14 Å². The average molecular weight is 389 g/mol. The molecule has 0 radical (unpaired) electrons. The van der Waals surface area contributed by atoms with Gasteiger partial charge in [0.1, 0.15) is 0 Å². The minimum absolute atomic E-state index is 0.121. The van der Waals surface area contributed by atoms with Crippen LogP contribution in [0.5, 0.6) is 0 Å². The zero-order valence-electron chi connectivity index (χ0n) is 14.3. The number of sulfonamides is 1. The van der Waals surface area contributed by atoms with Crippen molar-refractivity contribution >= 4 is 27.4 Å². The van der Waals surface area contributed by atoms with Gasteiger partial charge in [-0.2, -0.15) is 5.26 Å². The summed E-state index contributed by atoms with van der Waals surface area (Å²) in [7, 11) is -3.92. The summed E-state index contributed by atoms with van der Waals surface area (Å²) in [6.07, 6.45) is 0. The van der Waals surface area contributed by atoms with Gasteiger partial charge in [-0.15, -0.1) is 0 Å². The molecule has 27 heavy (non-hydrogen) atoms. The molecule has 0 atom stereocenters. The fourth-order valence-electron chi connectivity index (χ4n) is 2.39. The molecule has 0 spiro atoms. The second-order valence-corrected chi connectivity index (χ2v) is 7.44. The quantitative estimate of drug-likeness (QED) is 0.756. The maximum absolute atomic E-state index is 14.7. The number of halogens is 1. The van der Waals surface area contributed by atoms with Crippen LogP contribution in [0.4, 0.5) is 10.1 Å². The maximum atomic E-state index is 14.7. The molecule has 0 aliphatic rings. The zero-order chi connectivity index (χ0) is 20.2. The van der Waals surface area contributed by atoms with Crippen LogP contribution in [0, 0.1) is 17.1 Å². The Bertz CT molecular complexity index is 1030. The van der Waals surface area contributed by atoms with E-state index in [1.54, 1.807) is 0 Å². The van der Waals surface area contributed by atoms with Crippen LogP contribution in [0.1, 0.15) is 33.2 Å². The highest BCUT2D eigenvalue weighted by Crippen LogP contribution is 2.24. The first-order valence-electron chi connectivity index (χ1n) is 7.76. The predicted octanol–water partition coefficient (Wildman–Crippen LogP) is 1.84. The van der Waals surface area contributed by atoms with Gasteiger partial charge < -0.3 is 4.90 Å². The number of nitrogens with zero attached hydrogens (tertiary/aromatic N) is 2. The molecule has 0 saturated heterocycles. The number of amides is 1. The molecule has 0 heterocycles. The molecule has 1 amide bonds. The molecule has 2 N–H and O–H groups in total. The van der Waals surface area contributed by atoms with E-state index in [4.69, 9.17) is 10.4 Å². The van der Waals surface area contributed by atoms with Gasteiger partial charge in [0.05, 0.1) is 28.6 Å². The summed E-state index contributed by atoms with van der Waals surface area (Å²) in [4.78, 5) is 25.3. The number of primary sulfonamides is 1. The molecule has 7 nitrogen and oxygen atoms in total. The average Bonchev–Trinajstić information content (AvgIpc) is 2.61. The van der Waals surface area contributed by atoms with Crippen molar-refractivity contribution in [1.29, 1.82) is 5.26 Å². The number of nitriles is 1. The summed E-state index contributed by atoms with van der Waals surface area (Å²) in [6, 6.07) is 11.4. The van der Waals surface area contributed by atoms with E-state index < -0.39 is 39.8 Å². The van der Waals surface area contributed by atoms with Crippen LogP contribution >= 0.6 is 0 Å².